The predicted octanol–water partition coefficient (Wildman–Crippen LogP) is 3.44. The van der Waals surface area contributed by atoms with E-state index in [4.69, 9.17) is 11.6 Å². The molecule has 92 valence electrons. The molecule has 0 aliphatic rings. The third-order valence-corrected chi connectivity index (χ3v) is 2.63. The van der Waals surface area contributed by atoms with E-state index in [0.717, 1.165) is 0 Å². The summed E-state index contributed by atoms with van der Waals surface area (Å²) < 4.78 is 13.4. The van der Waals surface area contributed by atoms with Gasteiger partial charge in [0.2, 0.25) is 0 Å². The number of carbonyl (C=O) groups excluding carboxylic acids is 1. The zero-order valence-corrected chi connectivity index (χ0v) is 9.91. The number of halogens is 2. The molecule has 0 aromatic heterocycles. The largest absolute Gasteiger partial charge is 0.506 e. The number of carbonyl (C=O) groups is 1. The maximum Gasteiger partial charge on any atom is 0.258 e. The van der Waals surface area contributed by atoms with Crippen molar-refractivity contribution in [1.29, 1.82) is 0 Å². The summed E-state index contributed by atoms with van der Waals surface area (Å²) in [5, 5.41) is 11.8. The lowest BCUT2D eigenvalue weighted by Gasteiger charge is -2.07. The molecule has 0 atom stereocenters. The molecule has 0 heterocycles. The van der Waals surface area contributed by atoms with Crippen molar-refractivity contribution in [3.05, 3.63) is 58.9 Å². The van der Waals surface area contributed by atoms with Gasteiger partial charge in [0, 0.05) is 5.69 Å². The first-order valence-corrected chi connectivity index (χ1v) is 5.50. The van der Waals surface area contributed by atoms with Gasteiger partial charge in [0.05, 0.1) is 10.6 Å². The lowest BCUT2D eigenvalue weighted by atomic mass is 10.2. The first kappa shape index (κ1) is 12.4. The summed E-state index contributed by atoms with van der Waals surface area (Å²) in [4.78, 5) is 11.8. The van der Waals surface area contributed by atoms with Crippen LogP contribution in [0.1, 0.15) is 10.4 Å². The summed E-state index contributed by atoms with van der Waals surface area (Å²) in [6.07, 6.45) is 0. The second-order valence-corrected chi connectivity index (χ2v) is 4.01. The Kier molecular flexibility index (Phi) is 3.48. The fraction of sp³-hybridized carbons (Fsp3) is 0. The molecule has 0 radical (unpaired) electrons. The minimum atomic E-state index is -0.597. The Morgan fingerprint density at radius 3 is 2.61 bits per heavy atom. The van der Waals surface area contributed by atoms with E-state index >= 15 is 0 Å². The molecule has 0 aliphatic heterocycles. The topological polar surface area (TPSA) is 49.3 Å². The van der Waals surface area contributed by atoms with Crippen LogP contribution in [0.3, 0.4) is 0 Å². The third kappa shape index (κ3) is 2.60. The molecule has 2 aromatic carbocycles. The van der Waals surface area contributed by atoms with Gasteiger partial charge in [-0.25, -0.2) is 4.39 Å². The van der Waals surface area contributed by atoms with Crippen LogP contribution in [0.2, 0.25) is 5.02 Å². The molecule has 2 N–H and O–H groups in total. The van der Waals surface area contributed by atoms with Crippen LogP contribution < -0.4 is 5.32 Å². The van der Waals surface area contributed by atoms with E-state index in [2.05, 4.69) is 5.32 Å². The number of rotatable bonds is 2. The Morgan fingerprint density at radius 1 is 1.22 bits per heavy atom. The normalized spacial score (nSPS) is 10.1. The monoisotopic (exact) mass is 265 g/mol. The average molecular weight is 266 g/mol. The number of phenols is 1. The van der Waals surface area contributed by atoms with Gasteiger partial charge in [0.1, 0.15) is 11.6 Å². The molecule has 0 saturated carbocycles. The molecule has 0 saturated heterocycles. The van der Waals surface area contributed by atoms with Crippen molar-refractivity contribution >= 4 is 23.2 Å². The molecule has 3 nitrogen and oxygen atoms in total. The van der Waals surface area contributed by atoms with Crippen molar-refractivity contribution in [3.63, 3.8) is 0 Å². The number of nitrogens with one attached hydrogen (secondary N) is 1. The maximum absolute atomic E-state index is 13.4. The predicted molar refractivity (Wildman–Crippen MR) is 67.5 cm³/mol. The van der Waals surface area contributed by atoms with Gasteiger partial charge in [-0.15, -0.1) is 0 Å². The molecule has 0 fully saturated rings. The Bertz CT molecular complexity index is 601. The Hall–Kier alpha value is -2.07. The molecule has 18 heavy (non-hydrogen) atoms. The van der Waals surface area contributed by atoms with Crippen molar-refractivity contribution in [2.75, 3.05) is 5.32 Å². The van der Waals surface area contributed by atoms with E-state index in [9.17, 15) is 14.3 Å². The standard InChI is InChI=1S/C13H9ClFNO2/c14-10-7-8(5-6-12(10)17)16-13(18)9-3-1-2-4-11(9)15/h1-7,17H,(H,16,18). The summed E-state index contributed by atoms with van der Waals surface area (Å²) in [7, 11) is 0. The Balaban J connectivity index is 2.22. The number of phenolic OH excluding ortho intramolecular Hbond substituents is 1. The summed E-state index contributed by atoms with van der Waals surface area (Å²) in [6.45, 7) is 0. The molecular weight excluding hydrogens is 257 g/mol. The van der Waals surface area contributed by atoms with E-state index in [1.807, 2.05) is 0 Å². The molecule has 0 unspecified atom stereocenters. The van der Waals surface area contributed by atoms with Gasteiger partial charge in [0.25, 0.3) is 5.91 Å². The number of hydrogen-bond acceptors (Lipinski definition) is 2. The van der Waals surface area contributed by atoms with Crippen molar-refractivity contribution in [2.45, 2.75) is 0 Å². The summed E-state index contributed by atoms with van der Waals surface area (Å²) in [5.74, 6) is -1.25. The molecule has 2 aromatic rings. The minimum absolute atomic E-state index is 0.0540. The molecule has 0 aliphatic carbocycles. The molecule has 1 amide bonds. The number of anilines is 1. The van der Waals surface area contributed by atoms with Crippen LogP contribution in [0.5, 0.6) is 5.75 Å². The highest BCUT2D eigenvalue weighted by molar-refractivity contribution is 6.32. The van der Waals surface area contributed by atoms with Crippen molar-refractivity contribution < 1.29 is 14.3 Å². The van der Waals surface area contributed by atoms with Crippen LogP contribution >= 0.6 is 11.6 Å². The SMILES string of the molecule is O=C(Nc1ccc(O)c(Cl)c1)c1ccccc1F. The lowest BCUT2D eigenvalue weighted by Crippen LogP contribution is -2.13. The second kappa shape index (κ2) is 5.06. The summed E-state index contributed by atoms with van der Waals surface area (Å²) in [6, 6.07) is 9.87. The van der Waals surface area contributed by atoms with Gasteiger partial charge in [-0.05, 0) is 30.3 Å². The smallest absolute Gasteiger partial charge is 0.258 e. The number of aromatic hydroxyl groups is 1. The van der Waals surface area contributed by atoms with Gasteiger partial charge in [0.15, 0.2) is 0 Å². The average Bonchev–Trinajstić information content (AvgIpc) is 2.34. The van der Waals surface area contributed by atoms with E-state index in [1.165, 1.54) is 36.4 Å². The first-order valence-electron chi connectivity index (χ1n) is 5.12. The van der Waals surface area contributed by atoms with Crippen molar-refractivity contribution in [3.8, 4) is 5.75 Å². The number of hydrogen-bond donors (Lipinski definition) is 2. The summed E-state index contributed by atoms with van der Waals surface area (Å²) >= 11 is 5.70. The zero-order valence-electron chi connectivity index (χ0n) is 9.15. The zero-order chi connectivity index (χ0) is 13.1. The van der Waals surface area contributed by atoms with E-state index in [-0.39, 0.29) is 16.3 Å². The first-order chi connectivity index (χ1) is 8.58. The molecule has 2 rings (SSSR count). The second-order valence-electron chi connectivity index (χ2n) is 3.60. The third-order valence-electron chi connectivity index (χ3n) is 2.32. The molecule has 5 heteroatoms. The lowest BCUT2D eigenvalue weighted by molar-refractivity contribution is 0.102. The van der Waals surface area contributed by atoms with Gasteiger partial charge >= 0.3 is 0 Å². The van der Waals surface area contributed by atoms with Crippen LogP contribution in [0, 0.1) is 5.82 Å². The summed E-state index contributed by atoms with van der Waals surface area (Å²) in [5.41, 5.74) is 0.327. The van der Waals surface area contributed by atoms with Crippen LogP contribution in [-0.2, 0) is 0 Å². The Morgan fingerprint density at radius 2 is 1.94 bits per heavy atom. The van der Waals surface area contributed by atoms with Crippen LogP contribution in [0.15, 0.2) is 42.5 Å². The van der Waals surface area contributed by atoms with Crippen LogP contribution in [0.25, 0.3) is 0 Å². The van der Waals surface area contributed by atoms with Gasteiger partial charge in [-0.2, -0.15) is 0 Å². The fourth-order valence-electron chi connectivity index (χ4n) is 1.43. The van der Waals surface area contributed by atoms with Crippen LogP contribution in [-0.4, -0.2) is 11.0 Å². The highest BCUT2D eigenvalue weighted by Gasteiger charge is 2.11. The fourth-order valence-corrected chi connectivity index (χ4v) is 1.61. The number of amides is 1. The van der Waals surface area contributed by atoms with E-state index in [0.29, 0.717) is 5.69 Å². The number of benzene rings is 2. The van der Waals surface area contributed by atoms with Crippen LogP contribution in [0.4, 0.5) is 10.1 Å². The van der Waals surface area contributed by atoms with E-state index < -0.39 is 11.7 Å². The van der Waals surface area contributed by atoms with E-state index in [1.54, 1.807) is 6.07 Å². The van der Waals surface area contributed by atoms with Crippen molar-refractivity contribution in [1.82, 2.24) is 0 Å². The molecule has 0 spiro atoms. The highest BCUT2D eigenvalue weighted by Crippen LogP contribution is 2.26. The highest BCUT2D eigenvalue weighted by atomic mass is 35.5. The quantitative estimate of drug-likeness (QED) is 0.817. The van der Waals surface area contributed by atoms with Crippen molar-refractivity contribution in [2.24, 2.45) is 0 Å². The molecular formula is C13H9ClFNO2. The Labute approximate surface area is 108 Å². The maximum atomic E-state index is 13.4. The van der Waals surface area contributed by atoms with Gasteiger partial charge in [-0.3, -0.25) is 4.79 Å². The van der Waals surface area contributed by atoms with Gasteiger partial charge in [-0.1, -0.05) is 23.7 Å². The minimum Gasteiger partial charge on any atom is -0.506 e. The van der Waals surface area contributed by atoms with Gasteiger partial charge < -0.3 is 10.4 Å². The molecule has 0 bridgehead atoms.